The molecule has 160 valence electrons. The number of aliphatic hydroxyl groups is 1. The fourth-order valence-corrected chi connectivity index (χ4v) is 3.39. The Morgan fingerprint density at radius 2 is 1.90 bits per heavy atom. The molecule has 1 aromatic carbocycles. The Morgan fingerprint density at radius 1 is 1.27 bits per heavy atom. The number of pyridine rings is 1. The molecule has 1 heterocycles. The summed E-state index contributed by atoms with van der Waals surface area (Å²) < 4.78 is 52.0. The van der Waals surface area contributed by atoms with Crippen molar-refractivity contribution in [2.24, 2.45) is 0 Å². The van der Waals surface area contributed by atoms with E-state index in [9.17, 15) is 27.3 Å². The highest BCUT2D eigenvalue weighted by Crippen LogP contribution is 2.23. The van der Waals surface area contributed by atoms with Crippen LogP contribution in [0.5, 0.6) is 0 Å². The lowest BCUT2D eigenvalue weighted by Gasteiger charge is -2.22. The van der Waals surface area contributed by atoms with E-state index >= 15 is 0 Å². The molecule has 3 unspecified atom stereocenters. The number of amides is 1. The summed E-state index contributed by atoms with van der Waals surface area (Å²) >= 11 is 0. The second-order valence-corrected chi connectivity index (χ2v) is 8.59. The largest absolute Gasteiger partial charge is 0.386 e. The first-order valence-electron chi connectivity index (χ1n) is 8.55. The van der Waals surface area contributed by atoms with Crippen LogP contribution in [0, 0.1) is 11.5 Å². The molecule has 0 bridgehead atoms. The minimum atomic E-state index is -3.31. The Morgan fingerprint density at radius 3 is 2.40 bits per heavy atom. The summed E-state index contributed by atoms with van der Waals surface area (Å²) in [5, 5.41) is 21.9. The zero-order chi connectivity index (χ0) is 22.3. The highest BCUT2D eigenvalue weighted by molar-refractivity contribution is 7.99. The molecule has 2 rings (SSSR count). The van der Waals surface area contributed by atoms with Gasteiger partial charge in [-0.15, -0.1) is 0 Å². The number of benzene rings is 1. The molecule has 0 saturated heterocycles. The lowest BCUT2D eigenvalue weighted by Crippen LogP contribution is -2.43. The number of rotatable bonds is 8. The van der Waals surface area contributed by atoms with Crippen LogP contribution in [0.2, 0.25) is 0 Å². The molecule has 2 aromatic rings. The smallest absolute Gasteiger partial charge is 0.315 e. The number of aliphatic hydroxyl groups excluding tert-OH is 1. The monoisotopic (exact) mass is 440 g/mol. The minimum absolute atomic E-state index is 0.238. The van der Waals surface area contributed by atoms with Crippen molar-refractivity contribution < 1.29 is 27.3 Å². The summed E-state index contributed by atoms with van der Waals surface area (Å²) in [7, 11) is -2.69. The molecule has 11 heteroatoms. The number of hydrogen-bond acceptors (Lipinski definition) is 5. The predicted octanol–water partition coefficient (Wildman–Crippen LogP) is 1.55. The molecule has 7 nitrogen and oxygen atoms in total. The van der Waals surface area contributed by atoms with Crippen molar-refractivity contribution >= 4 is 21.0 Å². The van der Waals surface area contributed by atoms with E-state index < -0.39 is 40.9 Å². The summed E-state index contributed by atoms with van der Waals surface area (Å²) in [6.45, 7) is -1.22. The second-order valence-electron chi connectivity index (χ2n) is 6.34. The molecular weight excluding hydrogens is 421 g/mol. The van der Waals surface area contributed by atoms with E-state index in [-0.39, 0.29) is 5.56 Å². The molecule has 0 aliphatic rings. The van der Waals surface area contributed by atoms with Crippen LogP contribution in [0.25, 0.3) is 11.1 Å². The van der Waals surface area contributed by atoms with Gasteiger partial charge >= 0.3 is 6.43 Å². The number of alkyl halides is 3. The first kappa shape index (κ1) is 23.2. The normalized spacial score (nSPS) is 14.8. The SMILES string of the molecule is CS(=O)(=Cc1ccc(-c2ccc(C(O)C(CF)NC(=O)C(F)F)cc2)cn1)NC#N. The Bertz CT molecular complexity index is 1030. The molecule has 0 aliphatic heterocycles. The molecule has 3 N–H and O–H groups in total. The maximum atomic E-state index is 13.1. The van der Waals surface area contributed by atoms with Crippen LogP contribution in [0.4, 0.5) is 13.2 Å². The van der Waals surface area contributed by atoms with Crippen LogP contribution in [0.3, 0.4) is 0 Å². The molecular formula is C19H19F3N4O3S. The number of nitriles is 1. The first-order chi connectivity index (χ1) is 14.2. The summed E-state index contributed by atoms with van der Waals surface area (Å²) in [5.41, 5.74) is 2.03. The van der Waals surface area contributed by atoms with Crippen LogP contribution in [0.1, 0.15) is 17.4 Å². The molecule has 0 aliphatic carbocycles. The van der Waals surface area contributed by atoms with E-state index in [1.807, 2.05) is 0 Å². The van der Waals surface area contributed by atoms with Crippen molar-refractivity contribution in [2.45, 2.75) is 18.6 Å². The van der Waals surface area contributed by atoms with Crippen LogP contribution < -0.4 is 10.0 Å². The minimum Gasteiger partial charge on any atom is -0.386 e. The number of nitrogens with zero attached hydrogens (tertiary/aromatic N) is 2. The van der Waals surface area contributed by atoms with Crippen molar-refractivity contribution in [2.75, 3.05) is 12.9 Å². The number of carbonyl (C=O) groups excluding carboxylic acids is 1. The zero-order valence-electron chi connectivity index (χ0n) is 15.8. The van der Waals surface area contributed by atoms with Crippen molar-refractivity contribution in [3.8, 4) is 17.3 Å². The third kappa shape index (κ3) is 6.20. The number of carbonyl (C=O) groups is 1. The van der Waals surface area contributed by atoms with E-state index in [4.69, 9.17) is 5.26 Å². The third-order valence-corrected chi connectivity index (χ3v) is 5.23. The molecule has 1 aromatic heterocycles. The maximum Gasteiger partial charge on any atom is 0.315 e. The fraction of sp³-hybridized carbons (Fsp3) is 0.263. The molecule has 1 amide bonds. The van der Waals surface area contributed by atoms with Gasteiger partial charge in [-0.05, 0) is 17.2 Å². The average Bonchev–Trinajstić information content (AvgIpc) is 2.71. The first-order valence-corrected chi connectivity index (χ1v) is 10.6. The van der Waals surface area contributed by atoms with E-state index in [0.29, 0.717) is 16.8 Å². The van der Waals surface area contributed by atoms with Crippen LogP contribution >= 0.6 is 0 Å². The van der Waals surface area contributed by atoms with Gasteiger partial charge in [-0.2, -0.15) is 14.0 Å². The van der Waals surface area contributed by atoms with Crippen molar-refractivity contribution in [1.82, 2.24) is 15.0 Å². The zero-order valence-corrected chi connectivity index (χ0v) is 16.6. The summed E-state index contributed by atoms with van der Waals surface area (Å²) in [6.07, 6.45) is -0.310. The standard InChI is InChI=1S/C19H19F3N4O3S/c1-30(29,25-11-23)10-15-7-6-14(9-24-15)12-2-4-13(5-3-12)17(27)16(8-20)26-19(28)18(21)22/h2-7,9-10,16-18,27H,8H2,1H3,(H,25,29)(H,26,28). The molecule has 0 fully saturated rings. The Kier molecular flexibility index (Phi) is 7.79. The van der Waals surface area contributed by atoms with E-state index in [1.165, 1.54) is 30.0 Å². The highest BCUT2D eigenvalue weighted by Gasteiger charge is 2.26. The van der Waals surface area contributed by atoms with Crippen LogP contribution in [-0.2, 0) is 14.5 Å². The van der Waals surface area contributed by atoms with Gasteiger partial charge in [-0.25, -0.2) is 13.3 Å². The van der Waals surface area contributed by atoms with E-state index in [2.05, 4.69) is 9.71 Å². The maximum absolute atomic E-state index is 13.1. The van der Waals surface area contributed by atoms with Gasteiger partial charge in [0, 0.05) is 23.4 Å². The number of aromatic nitrogens is 1. The topological polar surface area (TPSA) is 115 Å². The van der Waals surface area contributed by atoms with Crippen molar-refractivity contribution in [1.29, 1.82) is 5.26 Å². The number of hydrogen-bond donors (Lipinski definition) is 3. The lowest BCUT2D eigenvalue weighted by molar-refractivity contribution is -0.133. The molecule has 3 atom stereocenters. The Hall–Kier alpha value is -3.10. The molecule has 0 saturated carbocycles. The number of halogens is 3. The Labute approximate surface area is 171 Å². The van der Waals surface area contributed by atoms with Gasteiger partial charge in [-0.1, -0.05) is 30.3 Å². The third-order valence-electron chi connectivity index (χ3n) is 4.04. The van der Waals surface area contributed by atoms with Crippen LogP contribution in [-0.4, -0.2) is 51.0 Å². The summed E-state index contributed by atoms with van der Waals surface area (Å²) in [4.78, 5) is 15.2. The summed E-state index contributed by atoms with van der Waals surface area (Å²) in [6, 6.07) is 8.01. The Balaban J connectivity index is 2.16. The van der Waals surface area contributed by atoms with Gasteiger partial charge in [-0.3, -0.25) is 9.78 Å². The quantitative estimate of drug-likeness (QED) is 0.327. The van der Waals surface area contributed by atoms with Gasteiger partial charge in [0.2, 0.25) is 0 Å². The summed E-state index contributed by atoms with van der Waals surface area (Å²) in [5.74, 6) is -1.66. The van der Waals surface area contributed by atoms with Gasteiger partial charge in [0.05, 0.1) is 21.4 Å². The predicted molar refractivity (Wildman–Crippen MR) is 107 cm³/mol. The second kappa shape index (κ2) is 10.1. The molecule has 0 spiro atoms. The van der Waals surface area contributed by atoms with E-state index in [0.717, 1.165) is 0 Å². The average molecular weight is 440 g/mol. The molecule has 0 radical (unpaired) electrons. The number of nitrogens with one attached hydrogen (secondary N) is 2. The van der Waals surface area contributed by atoms with Gasteiger partial charge in [0.25, 0.3) is 5.91 Å². The highest BCUT2D eigenvalue weighted by atomic mass is 32.2. The fourth-order valence-electron chi connectivity index (χ4n) is 2.55. The lowest BCUT2D eigenvalue weighted by atomic mass is 9.99. The molecule has 30 heavy (non-hydrogen) atoms. The van der Waals surface area contributed by atoms with Gasteiger partial charge < -0.3 is 10.4 Å². The van der Waals surface area contributed by atoms with Crippen molar-refractivity contribution in [3.05, 3.63) is 53.9 Å². The van der Waals surface area contributed by atoms with E-state index in [1.54, 1.807) is 35.8 Å². The van der Waals surface area contributed by atoms with Gasteiger partial charge in [0.15, 0.2) is 6.19 Å². The van der Waals surface area contributed by atoms with Crippen molar-refractivity contribution in [3.63, 3.8) is 0 Å². The van der Waals surface area contributed by atoms with Gasteiger partial charge in [0.1, 0.15) is 12.8 Å². The van der Waals surface area contributed by atoms with Crippen LogP contribution in [0.15, 0.2) is 42.6 Å².